The molecular weight excluding hydrogens is 418 g/mol. The maximum Gasteiger partial charge on any atom is 0.318 e. The van der Waals surface area contributed by atoms with Crippen LogP contribution in [0.15, 0.2) is 42.6 Å². The molecule has 3 aromatic rings. The molecule has 1 aliphatic carbocycles. The van der Waals surface area contributed by atoms with Gasteiger partial charge in [0, 0.05) is 23.2 Å². The van der Waals surface area contributed by atoms with Crippen LogP contribution >= 0.6 is 11.3 Å². The lowest BCUT2D eigenvalue weighted by molar-refractivity contribution is 0.180. The second-order valence-corrected chi connectivity index (χ2v) is 9.65. The fourth-order valence-corrected chi connectivity index (χ4v) is 6.39. The minimum Gasteiger partial charge on any atom is -0.494 e. The van der Waals surface area contributed by atoms with Gasteiger partial charge >= 0.3 is 6.03 Å². The number of ether oxygens (including phenoxy) is 1. The number of amides is 2. The van der Waals surface area contributed by atoms with Crippen molar-refractivity contribution in [3.05, 3.63) is 69.9 Å². The van der Waals surface area contributed by atoms with Gasteiger partial charge in [-0.3, -0.25) is 0 Å². The number of hydrogen-bond donors (Lipinski definition) is 1. The summed E-state index contributed by atoms with van der Waals surface area (Å²) in [5.74, 6) is 0.857. The van der Waals surface area contributed by atoms with Crippen molar-refractivity contribution in [3.8, 4) is 10.8 Å². The van der Waals surface area contributed by atoms with Crippen molar-refractivity contribution < 1.29 is 9.53 Å². The summed E-state index contributed by atoms with van der Waals surface area (Å²) in [5.41, 5.74) is 5.06. The third-order valence-electron chi connectivity index (χ3n) is 6.47. The van der Waals surface area contributed by atoms with Crippen LogP contribution in [0.1, 0.15) is 66.4 Å². The minimum atomic E-state index is -0.156. The average Bonchev–Trinajstić information content (AvgIpc) is 3.40. The molecule has 2 aliphatic rings. The van der Waals surface area contributed by atoms with Gasteiger partial charge in [0.05, 0.1) is 24.9 Å². The van der Waals surface area contributed by atoms with Gasteiger partial charge in [0.25, 0.3) is 0 Å². The zero-order valence-electron chi connectivity index (χ0n) is 18.9. The highest BCUT2D eigenvalue weighted by Gasteiger charge is 2.35. The molecule has 1 unspecified atom stereocenters. The molecule has 1 N–H and O–H groups in total. The molecule has 2 aromatic heterocycles. The molecule has 1 atom stereocenters. The van der Waals surface area contributed by atoms with Crippen molar-refractivity contribution in [3.63, 3.8) is 0 Å². The van der Waals surface area contributed by atoms with Crippen LogP contribution < -0.4 is 10.1 Å². The summed E-state index contributed by atoms with van der Waals surface area (Å²) in [7, 11) is 0. The number of aryl methyl sites for hydroxylation is 1. The Bertz CT molecular complexity index is 1100. The van der Waals surface area contributed by atoms with E-state index >= 15 is 0 Å². The highest BCUT2D eigenvalue weighted by atomic mass is 32.1. The zero-order chi connectivity index (χ0) is 22.1. The van der Waals surface area contributed by atoms with Crippen LogP contribution in [0.4, 0.5) is 4.79 Å². The fraction of sp³-hybridized carbons (Fsp3) is 0.423. The second kappa shape index (κ2) is 9.02. The number of carbonyl (C=O) groups excluding carboxylic acids is 1. The minimum absolute atomic E-state index is 0.00194. The lowest BCUT2D eigenvalue weighted by Gasteiger charge is -2.31. The Balaban J connectivity index is 1.63. The van der Waals surface area contributed by atoms with Gasteiger partial charge in [-0.1, -0.05) is 19.1 Å². The third-order valence-corrected chi connectivity index (χ3v) is 7.81. The predicted molar refractivity (Wildman–Crippen MR) is 129 cm³/mol. The van der Waals surface area contributed by atoms with Crippen molar-refractivity contribution in [2.24, 2.45) is 0 Å². The highest BCUT2D eigenvalue weighted by Crippen LogP contribution is 2.44. The van der Waals surface area contributed by atoms with Crippen molar-refractivity contribution in [1.82, 2.24) is 14.8 Å². The van der Waals surface area contributed by atoms with Crippen molar-refractivity contribution in [2.45, 2.75) is 58.5 Å². The van der Waals surface area contributed by atoms with E-state index in [-0.39, 0.29) is 12.1 Å². The number of fused-ring (bicyclic) bond motifs is 5. The Morgan fingerprint density at radius 3 is 2.72 bits per heavy atom. The summed E-state index contributed by atoms with van der Waals surface area (Å²) in [6.07, 6.45) is 7.86. The van der Waals surface area contributed by atoms with Crippen LogP contribution in [0.25, 0.3) is 5.00 Å². The van der Waals surface area contributed by atoms with Crippen molar-refractivity contribution >= 4 is 17.4 Å². The first kappa shape index (κ1) is 21.1. The van der Waals surface area contributed by atoms with E-state index in [1.807, 2.05) is 35.3 Å². The highest BCUT2D eigenvalue weighted by molar-refractivity contribution is 7.15. The fourth-order valence-electron chi connectivity index (χ4n) is 4.98. The molecule has 5 rings (SSSR count). The smallest absolute Gasteiger partial charge is 0.318 e. The van der Waals surface area contributed by atoms with Crippen molar-refractivity contribution in [2.75, 3.05) is 13.2 Å². The Morgan fingerprint density at radius 2 is 1.94 bits per heavy atom. The Hall–Kier alpha value is -2.73. The molecule has 6 heteroatoms. The number of nitrogens with one attached hydrogen (secondary N) is 1. The molecule has 0 saturated carbocycles. The zero-order valence-corrected chi connectivity index (χ0v) is 19.7. The molecular formula is C26H31N3O2S. The van der Waals surface area contributed by atoms with Crippen LogP contribution in [-0.4, -0.2) is 28.6 Å². The van der Waals surface area contributed by atoms with E-state index in [0.717, 1.165) is 36.3 Å². The second-order valence-electron chi connectivity index (χ2n) is 8.56. The molecule has 3 heterocycles. The van der Waals surface area contributed by atoms with Crippen LogP contribution in [-0.2, 0) is 19.4 Å². The van der Waals surface area contributed by atoms with Gasteiger partial charge in [0.2, 0.25) is 0 Å². The summed E-state index contributed by atoms with van der Waals surface area (Å²) in [6, 6.07) is 12.3. The SMILES string of the molecule is CCCNC(=O)N1Cc2c(sc3c2CCCC3)-n2cccc2C1c1ccc(OCC)cc1. The van der Waals surface area contributed by atoms with Gasteiger partial charge in [-0.15, -0.1) is 11.3 Å². The number of hydrogen-bond acceptors (Lipinski definition) is 3. The van der Waals surface area contributed by atoms with E-state index in [1.54, 1.807) is 0 Å². The number of nitrogens with zero attached hydrogens (tertiary/aromatic N) is 2. The van der Waals surface area contributed by atoms with Gasteiger partial charge in [-0.25, -0.2) is 4.79 Å². The number of urea groups is 1. The molecule has 0 spiro atoms. The van der Waals surface area contributed by atoms with Crippen molar-refractivity contribution in [1.29, 1.82) is 0 Å². The van der Waals surface area contributed by atoms with Crippen LogP contribution in [0.5, 0.6) is 5.75 Å². The normalized spacial score (nSPS) is 17.2. The van der Waals surface area contributed by atoms with Gasteiger partial charge in [-0.05, 0) is 74.4 Å². The van der Waals surface area contributed by atoms with E-state index in [2.05, 4.69) is 47.3 Å². The molecule has 32 heavy (non-hydrogen) atoms. The lowest BCUT2D eigenvalue weighted by atomic mass is 9.95. The van der Waals surface area contributed by atoms with Gasteiger partial charge in [0.1, 0.15) is 10.8 Å². The quantitative estimate of drug-likeness (QED) is 0.532. The number of carbonyl (C=O) groups is 1. The molecule has 5 nitrogen and oxygen atoms in total. The topological polar surface area (TPSA) is 46.5 Å². The molecule has 1 aliphatic heterocycles. The first-order valence-electron chi connectivity index (χ1n) is 11.8. The summed E-state index contributed by atoms with van der Waals surface area (Å²) in [6.45, 7) is 6.04. The van der Waals surface area contributed by atoms with E-state index < -0.39 is 0 Å². The van der Waals surface area contributed by atoms with Gasteiger partial charge in [-0.2, -0.15) is 0 Å². The Morgan fingerprint density at radius 1 is 1.12 bits per heavy atom. The monoisotopic (exact) mass is 449 g/mol. The lowest BCUT2D eigenvalue weighted by Crippen LogP contribution is -2.42. The van der Waals surface area contributed by atoms with E-state index in [0.29, 0.717) is 19.7 Å². The largest absolute Gasteiger partial charge is 0.494 e. The summed E-state index contributed by atoms with van der Waals surface area (Å²) in [4.78, 5) is 17.0. The predicted octanol–water partition coefficient (Wildman–Crippen LogP) is 5.84. The maximum atomic E-state index is 13.5. The van der Waals surface area contributed by atoms with E-state index in [1.165, 1.54) is 33.8 Å². The van der Waals surface area contributed by atoms with Gasteiger partial charge in [0.15, 0.2) is 0 Å². The molecule has 0 fully saturated rings. The van der Waals surface area contributed by atoms with Gasteiger partial charge < -0.3 is 19.5 Å². The van der Waals surface area contributed by atoms with Crippen LogP contribution in [0.2, 0.25) is 0 Å². The summed E-state index contributed by atoms with van der Waals surface area (Å²) < 4.78 is 7.98. The molecule has 2 amide bonds. The molecule has 168 valence electrons. The first-order chi connectivity index (χ1) is 15.7. The summed E-state index contributed by atoms with van der Waals surface area (Å²) >= 11 is 1.92. The molecule has 0 radical (unpaired) electrons. The summed E-state index contributed by atoms with van der Waals surface area (Å²) in [5, 5.41) is 4.43. The average molecular weight is 450 g/mol. The van der Waals surface area contributed by atoms with Crippen LogP contribution in [0.3, 0.4) is 0 Å². The molecule has 0 bridgehead atoms. The molecule has 1 aromatic carbocycles. The standard InChI is InChI=1S/C26H31N3O2S/c1-3-15-27-26(30)29-17-21-20-8-5-6-10-23(20)32-25(21)28-16-7-9-22(28)24(29)18-11-13-19(14-12-18)31-4-2/h7,9,11-14,16,24H,3-6,8,10,15,17H2,1-2H3,(H,27,30). The Kier molecular flexibility index (Phi) is 5.96. The van der Waals surface area contributed by atoms with E-state index in [4.69, 9.17) is 4.74 Å². The van der Waals surface area contributed by atoms with Crippen LogP contribution in [0, 0.1) is 0 Å². The number of benzene rings is 1. The first-order valence-corrected chi connectivity index (χ1v) is 12.6. The van der Waals surface area contributed by atoms with E-state index in [9.17, 15) is 4.79 Å². The number of thiophene rings is 1. The third kappa shape index (κ3) is 3.71. The Labute approximate surface area is 194 Å². The molecule has 0 saturated heterocycles. The number of aromatic nitrogens is 1. The number of rotatable bonds is 5. The maximum absolute atomic E-state index is 13.5.